The molecule has 0 spiro atoms. The summed E-state index contributed by atoms with van der Waals surface area (Å²) in [6.45, 7) is 0. The van der Waals surface area contributed by atoms with Crippen molar-refractivity contribution in [1.82, 2.24) is 14.8 Å². The van der Waals surface area contributed by atoms with Gasteiger partial charge < -0.3 is 5.32 Å². The topological polar surface area (TPSA) is 93.9 Å². The minimum Gasteiger partial charge on any atom is -0.305 e. The summed E-state index contributed by atoms with van der Waals surface area (Å²) >= 11 is 5.74. The van der Waals surface area contributed by atoms with E-state index in [1.807, 2.05) is 0 Å². The van der Waals surface area contributed by atoms with E-state index in [1.165, 1.54) is 6.20 Å². The van der Waals surface area contributed by atoms with Crippen LogP contribution in [0.2, 0.25) is 5.02 Å². The molecular formula is C13H13ClN4O3S. The summed E-state index contributed by atoms with van der Waals surface area (Å²) in [5.41, 5.74) is 1.38. The lowest BCUT2D eigenvalue weighted by Crippen LogP contribution is -2.22. The van der Waals surface area contributed by atoms with Crippen LogP contribution in [0.4, 0.5) is 5.82 Å². The molecule has 0 atom stereocenters. The van der Waals surface area contributed by atoms with E-state index in [2.05, 4.69) is 15.4 Å². The first-order chi connectivity index (χ1) is 10.4. The molecule has 0 saturated heterocycles. The van der Waals surface area contributed by atoms with Gasteiger partial charge in [0.05, 0.1) is 16.5 Å². The molecule has 0 bridgehead atoms. The molecule has 1 aliphatic heterocycles. The average molecular weight is 341 g/mol. The van der Waals surface area contributed by atoms with Gasteiger partial charge in [-0.15, -0.1) is 0 Å². The Morgan fingerprint density at radius 2 is 2.18 bits per heavy atom. The number of carbonyl (C=O) groups excluding carboxylic acids is 1. The summed E-state index contributed by atoms with van der Waals surface area (Å²) in [6, 6.07) is 3.16. The Labute approximate surface area is 132 Å². The molecular weight excluding hydrogens is 328 g/mol. The summed E-state index contributed by atoms with van der Waals surface area (Å²) in [4.78, 5) is 16.3. The molecule has 3 heterocycles. The lowest BCUT2D eigenvalue weighted by atomic mass is 10.1. The Morgan fingerprint density at radius 3 is 2.86 bits per heavy atom. The molecule has 1 aliphatic rings. The Hall–Kier alpha value is -1.93. The highest BCUT2D eigenvalue weighted by molar-refractivity contribution is 7.90. The van der Waals surface area contributed by atoms with Crippen molar-refractivity contribution in [3.05, 3.63) is 40.3 Å². The number of halogens is 1. The lowest BCUT2D eigenvalue weighted by Gasteiger charge is -2.13. The van der Waals surface area contributed by atoms with Gasteiger partial charge >= 0.3 is 0 Å². The Bertz CT molecular complexity index is 843. The van der Waals surface area contributed by atoms with Gasteiger partial charge in [-0.2, -0.15) is 5.10 Å². The number of amides is 1. The maximum atomic E-state index is 12.3. The molecule has 9 heteroatoms. The number of hydrogen-bond acceptors (Lipinski definition) is 5. The van der Waals surface area contributed by atoms with E-state index < -0.39 is 15.7 Å². The standard InChI is InChI=1S/C13H13ClN4O3S/c1-18-10-4-5-22(20,21)7-9(10)12(17-18)13(19)16-11-3-2-8(14)6-15-11/h2-3,6H,4-5,7H2,1H3,(H,15,16,19). The van der Waals surface area contributed by atoms with Gasteiger partial charge in [-0.05, 0) is 12.1 Å². The molecule has 3 rings (SSSR count). The SMILES string of the molecule is Cn1nc(C(=O)Nc2ccc(Cl)cn2)c2c1CCS(=O)(=O)C2. The smallest absolute Gasteiger partial charge is 0.277 e. The van der Waals surface area contributed by atoms with Crippen LogP contribution < -0.4 is 5.32 Å². The monoisotopic (exact) mass is 340 g/mol. The van der Waals surface area contributed by atoms with Crippen molar-refractivity contribution < 1.29 is 13.2 Å². The van der Waals surface area contributed by atoms with Gasteiger partial charge in [0, 0.05) is 30.9 Å². The van der Waals surface area contributed by atoms with Crippen molar-refractivity contribution in [2.24, 2.45) is 7.05 Å². The third-order valence-corrected chi connectivity index (χ3v) is 5.25. The van der Waals surface area contributed by atoms with E-state index in [4.69, 9.17) is 11.6 Å². The number of carbonyl (C=O) groups is 1. The van der Waals surface area contributed by atoms with Crippen LogP contribution >= 0.6 is 11.6 Å². The van der Waals surface area contributed by atoms with Gasteiger partial charge in [0.25, 0.3) is 5.91 Å². The molecule has 1 amide bonds. The van der Waals surface area contributed by atoms with Gasteiger partial charge in [-0.1, -0.05) is 11.6 Å². The number of nitrogens with one attached hydrogen (secondary N) is 1. The second kappa shape index (κ2) is 5.36. The van der Waals surface area contributed by atoms with Crippen molar-refractivity contribution in [2.45, 2.75) is 12.2 Å². The van der Waals surface area contributed by atoms with Crippen molar-refractivity contribution >= 4 is 33.2 Å². The number of pyridine rings is 1. The number of hydrogen-bond donors (Lipinski definition) is 1. The van der Waals surface area contributed by atoms with Crippen LogP contribution in [0.1, 0.15) is 21.7 Å². The molecule has 2 aromatic heterocycles. The summed E-state index contributed by atoms with van der Waals surface area (Å²) in [5, 5.41) is 7.21. The quantitative estimate of drug-likeness (QED) is 0.886. The maximum Gasteiger partial charge on any atom is 0.277 e. The van der Waals surface area contributed by atoms with Gasteiger partial charge in [-0.3, -0.25) is 9.48 Å². The number of sulfone groups is 1. The number of anilines is 1. The maximum absolute atomic E-state index is 12.3. The molecule has 2 aromatic rings. The van der Waals surface area contributed by atoms with E-state index in [0.29, 0.717) is 22.8 Å². The minimum absolute atomic E-state index is 0.0827. The number of fused-ring (bicyclic) bond motifs is 1. The number of nitrogens with zero attached hydrogens (tertiary/aromatic N) is 3. The van der Waals surface area contributed by atoms with E-state index in [0.717, 1.165) is 5.69 Å². The van der Waals surface area contributed by atoms with Crippen LogP contribution in [0, 0.1) is 0 Å². The molecule has 0 aliphatic carbocycles. The molecule has 116 valence electrons. The van der Waals surface area contributed by atoms with Gasteiger partial charge in [-0.25, -0.2) is 13.4 Å². The average Bonchev–Trinajstić information content (AvgIpc) is 2.76. The highest BCUT2D eigenvalue weighted by Crippen LogP contribution is 2.24. The van der Waals surface area contributed by atoms with Crippen LogP contribution in [-0.2, 0) is 29.1 Å². The van der Waals surface area contributed by atoms with E-state index in [1.54, 1.807) is 23.9 Å². The first kappa shape index (κ1) is 15.0. The molecule has 1 N–H and O–H groups in total. The fourth-order valence-electron chi connectivity index (χ4n) is 2.42. The predicted molar refractivity (Wildman–Crippen MR) is 81.6 cm³/mol. The minimum atomic E-state index is -3.18. The van der Waals surface area contributed by atoms with Crippen LogP contribution in [0.15, 0.2) is 18.3 Å². The Morgan fingerprint density at radius 1 is 1.41 bits per heavy atom. The summed E-state index contributed by atoms with van der Waals surface area (Å²) in [6.07, 6.45) is 1.78. The van der Waals surface area contributed by atoms with Gasteiger partial charge in [0.2, 0.25) is 0 Å². The predicted octanol–water partition coefficient (Wildman–Crippen LogP) is 1.19. The van der Waals surface area contributed by atoms with Crippen molar-refractivity contribution in [1.29, 1.82) is 0 Å². The first-order valence-corrected chi connectivity index (χ1v) is 8.74. The van der Waals surface area contributed by atoms with Gasteiger partial charge in [0.1, 0.15) is 5.82 Å². The van der Waals surface area contributed by atoms with E-state index in [9.17, 15) is 13.2 Å². The number of aromatic nitrogens is 3. The molecule has 0 unspecified atom stereocenters. The highest BCUT2D eigenvalue weighted by Gasteiger charge is 2.30. The second-order valence-corrected chi connectivity index (χ2v) is 7.68. The molecule has 0 fully saturated rings. The van der Waals surface area contributed by atoms with E-state index in [-0.39, 0.29) is 17.2 Å². The third-order valence-electron chi connectivity index (χ3n) is 3.47. The fraction of sp³-hybridized carbons (Fsp3) is 0.308. The molecule has 0 aromatic carbocycles. The zero-order valence-corrected chi connectivity index (χ0v) is 13.3. The highest BCUT2D eigenvalue weighted by atomic mass is 35.5. The summed E-state index contributed by atoms with van der Waals surface area (Å²) in [7, 11) is -1.48. The second-order valence-electron chi connectivity index (χ2n) is 5.06. The normalized spacial score (nSPS) is 16.1. The number of aryl methyl sites for hydroxylation is 1. The van der Waals surface area contributed by atoms with Crippen LogP contribution in [0.25, 0.3) is 0 Å². The van der Waals surface area contributed by atoms with Crippen LogP contribution in [0.3, 0.4) is 0 Å². The Balaban J connectivity index is 1.92. The van der Waals surface area contributed by atoms with Crippen LogP contribution in [-0.4, -0.2) is 34.8 Å². The third kappa shape index (κ3) is 2.84. The van der Waals surface area contributed by atoms with Crippen molar-refractivity contribution in [3.63, 3.8) is 0 Å². The largest absolute Gasteiger partial charge is 0.305 e. The summed E-state index contributed by atoms with van der Waals surface area (Å²) in [5.74, 6) is -0.233. The van der Waals surface area contributed by atoms with Crippen LogP contribution in [0.5, 0.6) is 0 Å². The van der Waals surface area contributed by atoms with Crippen molar-refractivity contribution in [2.75, 3.05) is 11.1 Å². The van der Waals surface area contributed by atoms with E-state index >= 15 is 0 Å². The van der Waals surface area contributed by atoms with Crippen molar-refractivity contribution in [3.8, 4) is 0 Å². The fourth-order valence-corrected chi connectivity index (χ4v) is 3.92. The summed E-state index contributed by atoms with van der Waals surface area (Å²) < 4.78 is 25.2. The number of rotatable bonds is 2. The zero-order chi connectivity index (χ0) is 15.9. The molecule has 7 nitrogen and oxygen atoms in total. The van der Waals surface area contributed by atoms with Gasteiger partial charge in [0.15, 0.2) is 15.5 Å². The zero-order valence-electron chi connectivity index (χ0n) is 11.7. The Kier molecular flexibility index (Phi) is 3.65. The molecule has 0 saturated carbocycles. The lowest BCUT2D eigenvalue weighted by molar-refractivity contribution is 0.102. The molecule has 22 heavy (non-hydrogen) atoms. The molecule has 0 radical (unpaired) electrons. The first-order valence-electron chi connectivity index (χ1n) is 6.54.